The molecule has 1 atom stereocenters. The van der Waals surface area contributed by atoms with Crippen LogP contribution in [0.4, 0.5) is 0 Å². The number of hydrogen-bond acceptors (Lipinski definition) is 4. The summed E-state index contributed by atoms with van der Waals surface area (Å²) >= 11 is 4.88. The average molecular weight is 360 g/mol. The van der Waals surface area contributed by atoms with Gasteiger partial charge in [-0.15, -0.1) is 11.3 Å². The van der Waals surface area contributed by atoms with Crippen LogP contribution in [0.15, 0.2) is 9.85 Å². The fourth-order valence-electron chi connectivity index (χ4n) is 2.34. The van der Waals surface area contributed by atoms with Gasteiger partial charge in [0.05, 0.1) is 21.2 Å². The van der Waals surface area contributed by atoms with Crippen molar-refractivity contribution in [2.75, 3.05) is 19.7 Å². The molecule has 6 heteroatoms. The molecular weight excluding hydrogens is 342 g/mol. The summed E-state index contributed by atoms with van der Waals surface area (Å²) in [7, 11) is 0. The van der Waals surface area contributed by atoms with Gasteiger partial charge in [0.1, 0.15) is 0 Å². The van der Waals surface area contributed by atoms with Gasteiger partial charge in [-0.1, -0.05) is 0 Å². The monoisotopic (exact) mass is 359 g/mol. The Hall–Kier alpha value is -0.880. The molecule has 0 aromatic carbocycles. The van der Waals surface area contributed by atoms with Gasteiger partial charge in [-0.05, 0) is 54.2 Å². The second-order valence-corrected chi connectivity index (χ2v) is 7.28. The molecule has 1 amide bonds. The standard InChI is InChI=1S/C14H18BrNO3S/c1-3-19-14(18)10-5-4-6-16(8-10)13(17)11-7-9(2)12(15)20-11/h7,10H,3-6,8H2,1-2H3/t10-/m1/s1. The number of hydrogen-bond donors (Lipinski definition) is 0. The van der Waals surface area contributed by atoms with Crippen LogP contribution in [-0.4, -0.2) is 36.5 Å². The van der Waals surface area contributed by atoms with E-state index in [0.717, 1.165) is 27.1 Å². The summed E-state index contributed by atoms with van der Waals surface area (Å²) in [5.74, 6) is -0.358. The lowest BCUT2D eigenvalue weighted by molar-refractivity contribution is -0.149. The zero-order chi connectivity index (χ0) is 14.7. The molecule has 20 heavy (non-hydrogen) atoms. The van der Waals surface area contributed by atoms with Crippen molar-refractivity contribution in [2.45, 2.75) is 26.7 Å². The number of halogens is 1. The highest BCUT2D eigenvalue weighted by molar-refractivity contribution is 9.11. The Bertz CT molecular complexity index is 495. The number of rotatable bonds is 3. The molecule has 2 rings (SSSR count). The van der Waals surface area contributed by atoms with E-state index in [1.807, 2.05) is 13.0 Å². The van der Waals surface area contributed by atoms with E-state index >= 15 is 0 Å². The molecule has 110 valence electrons. The first kappa shape index (κ1) is 15.5. The van der Waals surface area contributed by atoms with Crippen LogP contribution in [0, 0.1) is 12.8 Å². The quantitative estimate of drug-likeness (QED) is 0.778. The molecule has 0 bridgehead atoms. The van der Waals surface area contributed by atoms with Crippen LogP contribution in [0.2, 0.25) is 0 Å². The lowest BCUT2D eigenvalue weighted by Gasteiger charge is -2.31. The third kappa shape index (κ3) is 3.41. The largest absolute Gasteiger partial charge is 0.466 e. The zero-order valence-electron chi connectivity index (χ0n) is 11.6. The molecule has 0 unspecified atom stereocenters. The van der Waals surface area contributed by atoms with Gasteiger partial charge in [0.25, 0.3) is 5.91 Å². The van der Waals surface area contributed by atoms with Gasteiger partial charge in [-0.3, -0.25) is 9.59 Å². The predicted molar refractivity (Wildman–Crippen MR) is 82.0 cm³/mol. The minimum Gasteiger partial charge on any atom is -0.466 e. The summed E-state index contributed by atoms with van der Waals surface area (Å²) in [6.45, 7) is 5.33. The first-order valence-electron chi connectivity index (χ1n) is 6.74. The SMILES string of the molecule is CCOC(=O)[C@@H]1CCCN(C(=O)c2cc(C)c(Br)s2)C1. The van der Waals surface area contributed by atoms with Crippen molar-refractivity contribution in [1.82, 2.24) is 4.90 Å². The molecule has 1 aromatic heterocycles. The molecule has 4 nitrogen and oxygen atoms in total. The van der Waals surface area contributed by atoms with Crippen LogP contribution in [0.3, 0.4) is 0 Å². The van der Waals surface area contributed by atoms with Gasteiger partial charge in [0, 0.05) is 13.1 Å². The first-order valence-corrected chi connectivity index (χ1v) is 8.35. The van der Waals surface area contributed by atoms with E-state index < -0.39 is 0 Å². The molecule has 1 aliphatic heterocycles. The third-order valence-corrected chi connectivity index (χ3v) is 5.52. The topological polar surface area (TPSA) is 46.6 Å². The summed E-state index contributed by atoms with van der Waals surface area (Å²) in [6.07, 6.45) is 1.65. The Morgan fingerprint density at radius 1 is 1.55 bits per heavy atom. The van der Waals surface area contributed by atoms with E-state index in [-0.39, 0.29) is 17.8 Å². The highest BCUT2D eigenvalue weighted by atomic mass is 79.9. The highest BCUT2D eigenvalue weighted by Gasteiger charge is 2.30. The van der Waals surface area contributed by atoms with E-state index in [0.29, 0.717) is 19.7 Å². The Kier molecular flexibility index (Phi) is 5.21. The first-order chi connectivity index (χ1) is 9.52. The van der Waals surface area contributed by atoms with Crippen molar-refractivity contribution in [3.05, 3.63) is 20.3 Å². The molecule has 0 spiro atoms. The maximum Gasteiger partial charge on any atom is 0.310 e. The number of piperidine rings is 1. The third-order valence-electron chi connectivity index (χ3n) is 3.40. The highest BCUT2D eigenvalue weighted by Crippen LogP contribution is 2.29. The number of esters is 1. The number of amides is 1. The van der Waals surface area contributed by atoms with Gasteiger partial charge in [-0.25, -0.2) is 0 Å². The zero-order valence-corrected chi connectivity index (χ0v) is 14.1. The van der Waals surface area contributed by atoms with Gasteiger partial charge >= 0.3 is 5.97 Å². The molecule has 0 aliphatic carbocycles. The maximum absolute atomic E-state index is 12.5. The van der Waals surface area contributed by atoms with Crippen molar-refractivity contribution in [2.24, 2.45) is 5.92 Å². The summed E-state index contributed by atoms with van der Waals surface area (Å²) in [5.41, 5.74) is 1.07. The van der Waals surface area contributed by atoms with Crippen molar-refractivity contribution in [3.8, 4) is 0 Å². The Morgan fingerprint density at radius 2 is 2.30 bits per heavy atom. The van der Waals surface area contributed by atoms with Crippen LogP contribution in [-0.2, 0) is 9.53 Å². The van der Waals surface area contributed by atoms with Gasteiger partial charge in [-0.2, -0.15) is 0 Å². The minimum atomic E-state index is -0.187. The number of aryl methyl sites for hydroxylation is 1. The van der Waals surface area contributed by atoms with E-state index in [2.05, 4.69) is 15.9 Å². The lowest BCUT2D eigenvalue weighted by atomic mass is 9.98. The molecule has 1 aliphatic rings. The predicted octanol–water partition coefficient (Wildman–Crippen LogP) is 3.23. The number of ether oxygens (including phenoxy) is 1. The number of carbonyl (C=O) groups excluding carboxylic acids is 2. The van der Waals surface area contributed by atoms with Gasteiger partial charge in [0.15, 0.2) is 0 Å². The van der Waals surface area contributed by atoms with Crippen molar-refractivity contribution >= 4 is 39.1 Å². The molecule has 0 radical (unpaired) electrons. The fourth-order valence-corrected chi connectivity index (χ4v) is 3.84. The summed E-state index contributed by atoms with van der Waals surface area (Å²) in [6, 6.07) is 1.89. The minimum absolute atomic E-state index is 0.0119. The lowest BCUT2D eigenvalue weighted by Crippen LogP contribution is -2.42. The molecule has 1 saturated heterocycles. The Balaban J connectivity index is 2.05. The number of nitrogens with zero attached hydrogens (tertiary/aromatic N) is 1. The molecule has 1 fully saturated rings. The Morgan fingerprint density at radius 3 is 2.90 bits per heavy atom. The van der Waals surface area contributed by atoms with Crippen LogP contribution in [0.5, 0.6) is 0 Å². The van der Waals surface area contributed by atoms with Gasteiger partial charge in [0.2, 0.25) is 0 Å². The number of likely N-dealkylation sites (tertiary alicyclic amines) is 1. The molecule has 2 heterocycles. The normalized spacial score (nSPS) is 18.9. The van der Waals surface area contributed by atoms with Crippen molar-refractivity contribution in [3.63, 3.8) is 0 Å². The van der Waals surface area contributed by atoms with E-state index in [1.165, 1.54) is 11.3 Å². The van der Waals surface area contributed by atoms with Crippen LogP contribution in [0.1, 0.15) is 35.0 Å². The smallest absolute Gasteiger partial charge is 0.310 e. The average Bonchev–Trinajstić information content (AvgIpc) is 2.78. The summed E-state index contributed by atoms with van der Waals surface area (Å²) < 4.78 is 6.04. The van der Waals surface area contributed by atoms with Crippen LogP contribution < -0.4 is 0 Å². The van der Waals surface area contributed by atoms with Crippen molar-refractivity contribution < 1.29 is 14.3 Å². The Labute approximate surface area is 131 Å². The number of carbonyl (C=O) groups is 2. The molecule has 1 aromatic rings. The van der Waals surface area contributed by atoms with E-state index in [4.69, 9.17) is 4.74 Å². The maximum atomic E-state index is 12.5. The molecule has 0 N–H and O–H groups in total. The fraction of sp³-hybridized carbons (Fsp3) is 0.571. The summed E-state index contributed by atoms with van der Waals surface area (Å²) in [5, 5.41) is 0. The van der Waals surface area contributed by atoms with E-state index in [9.17, 15) is 9.59 Å². The number of thiophene rings is 1. The van der Waals surface area contributed by atoms with Crippen molar-refractivity contribution in [1.29, 1.82) is 0 Å². The summed E-state index contributed by atoms with van der Waals surface area (Å²) in [4.78, 5) is 26.7. The van der Waals surface area contributed by atoms with Crippen LogP contribution >= 0.6 is 27.3 Å². The molecular formula is C14H18BrNO3S. The molecule has 0 saturated carbocycles. The second kappa shape index (κ2) is 6.72. The van der Waals surface area contributed by atoms with Gasteiger partial charge < -0.3 is 9.64 Å². The van der Waals surface area contributed by atoms with Crippen LogP contribution in [0.25, 0.3) is 0 Å². The van der Waals surface area contributed by atoms with E-state index in [1.54, 1.807) is 11.8 Å². The second-order valence-electron chi connectivity index (χ2n) is 4.91.